The third-order valence-corrected chi connectivity index (χ3v) is 3.01. The Hall–Kier alpha value is -1.13. The van der Waals surface area contributed by atoms with Crippen molar-refractivity contribution in [3.63, 3.8) is 0 Å². The molecule has 0 aliphatic rings. The van der Waals surface area contributed by atoms with Crippen molar-refractivity contribution in [3.8, 4) is 11.3 Å². The van der Waals surface area contributed by atoms with Crippen LogP contribution in [0.15, 0.2) is 39.2 Å². The quantitative estimate of drug-likeness (QED) is 0.936. The zero-order valence-electron chi connectivity index (χ0n) is 9.28. The van der Waals surface area contributed by atoms with Gasteiger partial charge in [0, 0.05) is 16.5 Å². The topological polar surface area (TPSA) is 33.4 Å². The van der Waals surface area contributed by atoms with E-state index in [4.69, 9.17) is 4.42 Å². The van der Waals surface area contributed by atoms with Crippen LogP contribution in [0.3, 0.4) is 0 Å². The molecule has 2 rings (SSSR count). The molecule has 0 saturated carbocycles. The predicted octanol–water partition coefficient (Wildman–Crippen LogP) is 3.77. The Morgan fingerprint density at radius 1 is 1.35 bits per heavy atom. The van der Waals surface area contributed by atoms with Crippen molar-refractivity contribution in [3.05, 3.63) is 46.4 Å². The zero-order valence-corrected chi connectivity index (χ0v) is 10.9. The summed E-state index contributed by atoms with van der Waals surface area (Å²) in [6, 6.07) is 8.07. The summed E-state index contributed by atoms with van der Waals surface area (Å²) in [5.74, 6) is 1.08. The minimum absolute atomic E-state index is 0.295. The van der Waals surface area contributed by atoms with Gasteiger partial charge < -0.3 is 9.52 Å². The molecule has 0 fully saturated rings. The van der Waals surface area contributed by atoms with Gasteiger partial charge in [0.25, 0.3) is 0 Å². The molecule has 2 aromatic rings. The first-order valence-corrected chi connectivity index (χ1v) is 6.08. The average Bonchev–Trinajstić information content (AvgIpc) is 2.65. The number of aliphatic hydroxyl groups excluding tert-OH is 1. The van der Waals surface area contributed by atoms with Crippen molar-refractivity contribution in [2.45, 2.75) is 19.4 Å². The molecule has 0 saturated heterocycles. The van der Waals surface area contributed by atoms with E-state index >= 15 is 0 Å². The number of hydrogen-bond acceptors (Lipinski definition) is 2. The maximum atomic E-state index is 12.9. The van der Waals surface area contributed by atoms with Gasteiger partial charge in [0.05, 0.1) is 6.10 Å². The summed E-state index contributed by atoms with van der Waals surface area (Å²) in [7, 11) is 0. The van der Waals surface area contributed by atoms with Crippen LogP contribution in [0.1, 0.15) is 12.7 Å². The minimum Gasteiger partial charge on any atom is -0.461 e. The van der Waals surface area contributed by atoms with Crippen molar-refractivity contribution in [2.24, 2.45) is 0 Å². The Morgan fingerprint density at radius 2 is 2.12 bits per heavy atom. The van der Waals surface area contributed by atoms with Crippen molar-refractivity contribution >= 4 is 15.9 Å². The van der Waals surface area contributed by atoms with Crippen molar-refractivity contribution in [1.29, 1.82) is 0 Å². The van der Waals surface area contributed by atoms with Gasteiger partial charge in [0.15, 0.2) is 0 Å². The Bertz CT molecular complexity index is 520. The Kier molecular flexibility index (Phi) is 3.64. The Morgan fingerprint density at radius 3 is 2.76 bits per heavy atom. The molecule has 2 nitrogen and oxygen atoms in total. The van der Waals surface area contributed by atoms with Crippen molar-refractivity contribution in [1.82, 2.24) is 0 Å². The van der Waals surface area contributed by atoms with Crippen LogP contribution >= 0.6 is 15.9 Å². The molecular formula is C13H12BrFO2. The lowest BCUT2D eigenvalue weighted by molar-refractivity contribution is 0.187. The third-order valence-electron chi connectivity index (χ3n) is 2.35. The van der Waals surface area contributed by atoms with Gasteiger partial charge in [-0.1, -0.05) is 0 Å². The molecule has 0 bridgehead atoms. The van der Waals surface area contributed by atoms with Crippen LogP contribution < -0.4 is 0 Å². The van der Waals surface area contributed by atoms with E-state index in [2.05, 4.69) is 15.9 Å². The summed E-state index contributed by atoms with van der Waals surface area (Å²) >= 11 is 3.29. The monoisotopic (exact) mass is 298 g/mol. The number of furan rings is 1. The van der Waals surface area contributed by atoms with Crippen LogP contribution in [0.2, 0.25) is 0 Å². The molecule has 1 heterocycles. The smallest absolute Gasteiger partial charge is 0.135 e. The van der Waals surface area contributed by atoms with Crippen LogP contribution in [0.4, 0.5) is 4.39 Å². The number of hydrogen-bond donors (Lipinski definition) is 1. The molecule has 4 heteroatoms. The third kappa shape index (κ3) is 2.96. The molecule has 17 heavy (non-hydrogen) atoms. The summed E-state index contributed by atoms with van der Waals surface area (Å²) in [5, 5.41) is 9.26. The van der Waals surface area contributed by atoms with E-state index in [9.17, 15) is 9.50 Å². The lowest BCUT2D eigenvalue weighted by Gasteiger charge is -2.02. The largest absolute Gasteiger partial charge is 0.461 e. The standard InChI is InChI=1S/C13H12BrFO2/c1-8(16)6-10-3-5-13(17-10)11-4-2-9(15)7-12(11)14/h2-5,7-8,16H,6H2,1H3. The van der Waals surface area contributed by atoms with Gasteiger partial charge in [-0.3, -0.25) is 0 Å². The molecule has 0 amide bonds. The number of rotatable bonds is 3. The fourth-order valence-electron chi connectivity index (χ4n) is 1.61. The van der Waals surface area contributed by atoms with E-state index in [-0.39, 0.29) is 5.82 Å². The molecule has 1 aromatic carbocycles. The Balaban J connectivity index is 2.30. The Labute approximate surface area is 107 Å². The van der Waals surface area contributed by atoms with Gasteiger partial charge in [-0.15, -0.1) is 0 Å². The summed E-state index contributed by atoms with van der Waals surface area (Å²) < 4.78 is 19.2. The molecule has 1 unspecified atom stereocenters. The zero-order chi connectivity index (χ0) is 12.4. The molecular weight excluding hydrogens is 287 g/mol. The highest BCUT2D eigenvalue weighted by Gasteiger charge is 2.10. The fraction of sp³-hybridized carbons (Fsp3) is 0.231. The van der Waals surface area contributed by atoms with Crippen LogP contribution in [0.25, 0.3) is 11.3 Å². The van der Waals surface area contributed by atoms with Crippen molar-refractivity contribution in [2.75, 3.05) is 0 Å². The number of halogens is 2. The fourth-order valence-corrected chi connectivity index (χ4v) is 2.16. The predicted molar refractivity (Wildman–Crippen MR) is 67.2 cm³/mol. The summed E-state index contributed by atoms with van der Waals surface area (Å²) in [6.07, 6.45) is 0.0318. The first-order chi connectivity index (χ1) is 8.06. The highest BCUT2D eigenvalue weighted by Crippen LogP contribution is 2.30. The molecule has 0 spiro atoms. The van der Waals surface area contributed by atoms with E-state index in [1.54, 1.807) is 13.0 Å². The second-order valence-corrected chi connectivity index (χ2v) is 4.80. The van der Waals surface area contributed by atoms with Gasteiger partial charge in [-0.2, -0.15) is 0 Å². The van der Waals surface area contributed by atoms with Gasteiger partial charge in [0.1, 0.15) is 17.3 Å². The van der Waals surface area contributed by atoms with Gasteiger partial charge in [-0.05, 0) is 53.2 Å². The van der Waals surface area contributed by atoms with Crippen LogP contribution in [0, 0.1) is 5.82 Å². The molecule has 1 N–H and O–H groups in total. The molecule has 1 aromatic heterocycles. The van der Waals surface area contributed by atoms with Gasteiger partial charge >= 0.3 is 0 Å². The molecule has 1 atom stereocenters. The molecule has 0 radical (unpaired) electrons. The first kappa shape index (κ1) is 12.3. The van der Waals surface area contributed by atoms with E-state index in [0.717, 1.165) is 5.56 Å². The van der Waals surface area contributed by atoms with Crippen molar-refractivity contribution < 1.29 is 13.9 Å². The van der Waals surface area contributed by atoms with Gasteiger partial charge in [-0.25, -0.2) is 4.39 Å². The lowest BCUT2D eigenvalue weighted by Crippen LogP contribution is -2.02. The summed E-state index contributed by atoms with van der Waals surface area (Å²) in [6.45, 7) is 1.70. The maximum absolute atomic E-state index is 12.9. The molecule has 90 valence electrons. The first-order valence-electron chi connectivity index (χ1n) is 5.28. The van der Waals surface area contributed by atoms with Crippen LogP contribution in [-0.2, 0) is 6.42 Å². The second kappa shape index (κ2) is 5.02. The van der Waals surface area contributed by atoms with E-state index in [1.807, 2.05) is 12.1 Å². The van der Waals surface area contributed by atoms with Gasteiger partial charge in [0.2, 0.25) is 0 Å². The average molecular weight is 299 g/mol. The number of aliphatic hydroxyl groups is 1. The van der Waals surface area contributed by atoms with E-state index < -0.39 is 6.10 Å². The minimum atomic E-state index is -0.439. The summed E-state index contributed by atoms with van der Waals surface area (Å²) in [5.41, 5.74) is 0.795. The number of benzene rings is 1. The highest BCUT2D eigenvalue weighted by molar-refractivity contribution is 9.10. The summed E-state index contributed by atoms with van der Waals surface area (Å²) in [4.78, 5) is 0. The van der Waals surface area contributed by atoms with Crippen LogP contribution in [0.5, 0.6) is 0 Å². The maximum Gasteiger partial charge on any atom is 0.135 e. The van der Waals surface area contributed by atoms with E-state index in [1.165, 1.54) is 12.1 Å². The normalized spacial score (nSPS) is 12.7. The lowest BCUT2D eigenvalue weighted by atomic mass is 10.2. The SMILES string of the molecule is CC(O)Cc1ccc(-c2ccc(F)cc2Br)o1. The molecule has 0 aliphatic heterocycles. The second-order valence-electron chi connectivity index (χ2n) is 3.94. The van der Waals surface area contributed by atoms with E-state index in [0.29, 0.717) is 22.4 Å². The van der Waals surface area contributed by atoms with Crippen LogP contribution in [-0.4, -0.2) is 11.2 Å². The highest BCUT2D eigenvalue weighted by atomic mass is 79.9. The molecule has 0 aliphatic carbocycles.